The van der Waals surface area contributed by atoms with Gasteiger partial charge in [0, 0.05) is 11.3 Å². The topological polar surface area (TPSA) is 32.3 Å². The first-order chi connectivity index (χ1) is 9.93. The molecule has 0 aromatic heterocycles. The van der Waals surface area contributed by atoms with Crippen molar-refractivity contribution in [3.05, 3.63) is 0 Å². The number of carbonyl (C=O) groups excluding carboxylic acids is 1. The van der Waals surface area contributed by atoms with Crippen LogP contribution in [0.5, 0.6) is 0 Å². The van der Waals surface area contributed by atoms with E-state index in [0.29, 0.717) is 23.8 Å². The molecule has 0 aromatic carbocycles. The maximum atomic E-state index is 12.9. The Bertz CT molecular complexity index is 359. The molecule has 1 saturated carbocycles. The number of nitrogens with one attached hydrogen (secondary N) is 1. The van der Waals surface area contributed by atoms with Crippen molar-refractivity contribution in [3.8, 4) is 0 Å². The highest BCUT2D eigenvalue weighted by molar-refractivity contribution is 7.99. The molecule has 0 spiro atoms. The van der Waals surface area contributed by atoms with Gasteiger partial charge in [0.15, 0.2) is 0 Å². The van der Waals surface area contributed by atoms with E-state index in [1.165, 1.54) is 25.7 Å². The van der Waals surface area contributed by atoms with Crippen molar-refractivity contribution in [1.82, 2.24) is 10.2 Å². The Hall–Kier alpha value is -0.220. The average Bonchev–Trinajstić information content (AvgIpc) is 2.75. The summed E-state index contributed by atoms with van der Waals surface area (Å²) < 4.78 is 0. The predicted molar refractivity (Wildman–Crippen MR) is 91.4 cm³/mol. The van der Waals surface area contributed by atoms with E-state index < -0.39 is 0 Å². The molecule has 1 heterocycles. The standard InChI is InChI=1S/C17H32N2OS/c1-11(2)9-15-18-16(12(3)4)17(20)19(15)13-7-6-8-14(10-13)21-5/h11-16,18H,6-10H2,1-5H3. The van der Waals surface area contributed by atoms with Crippen LogP contribution in [0.25, 0.3) is 0 Å². The van der Waals surface area contributed by atoms with Gasteiger partial charge >= 0.3 is 0 Å². The molecule has 0 bridgehead atoms. The smallest absolute Gasteiger partial charge is 0.241 e. The van der Waals surface area contributed by atoms with Gasteiger partial charge in [-0.1, -0.05) is 34.1 Å². The van der Waals surface area contributed by atoms with Gasteiger partial charge in [0.2, 0.25) is 5.91 Å². The van der Waals surface area contributed by atoms with E-state index >= 15 is 0 Å². The highest BCUT2D eigenvalue weighted by Gasteiger charge is 2.44. The molecule has 1 aliphatic carbocycles. The number of nitrogens with zero attached hydrogens (tertiary/aromatic N) is 1. The number of hydrogen-bond acceptors (Lipinski definition) is 3. The molecular formula is C17H32N2OS. The summed E-state index contributed by atoms with van der Waals surface area (Å²) in [6.45, 7) is 8.80. The molecule has 21 heavy (non-hydrogen) atoms. The van der Waals surface area contributed by atoms with Crippen molar-refractivity contribution in [2.75, 3.05) is 6.26 Å². The number of thioether (sulfide) groups is 1. The van der Waals surface area contributed by atoms with Crippen LogP contribution in [0.1, 0.15) is 59.8 Å². The van der Waals surface area contributed by atoms with Crippen molar-refractivity contribution >= 4 is 17.7 Å². The summed E-state index contributed by atoms with van der Waals surface area (Å²) in [7, 11) is 0. The lowest BCUT2D eigenvalue weighted by molar-refractivity contribution is -0.133. The minimum absolute atomic E-state index is 0.0170. The van der Waals surface area contributed by atoms with Crippen LogP contribution in [-0.2, 0) is 4.79 Å². The second kappa shape index (κ2) is 7.36. The Morgan fingerprint density at radius 3 is 2.57 bits per heavy atom. The van der Waals surface area contributed by atoms with Gasteiger partial charge in [0.05, 0.1) is 12.2 Å². The highest BCUT2D eigenvalue weighted by atomic mass is 32.2. The predicted octanol–water partition coefficient (Wildman–Crippen LogP) is 3.49. The quantitative estimate of drug-likeness (QED) is 0.843. The maximum Gasteiger partial charge on any atom is 0.241 e. The molecule has 4 atom stereocenters. The van der Waals surface area contributed by atoms with E-state index in [2.05, 4.69) is 44.2 Å². The molecule has 2 aliphatic rings. The molecule has 122 valence electrons. The molecule has 2 rings (SSSR count). The first kappa shape index (κ1) is 17.1. The van der Waals surface area contributed by atoms with Crippen molar-refractivity contribution in [2.24, 2.45) is 11.8 Å². The lowest BCUT2D eigenvalue weighted by Gasteiger charge is -2.38. The molecule has 1 N–H and O–H groups in total. The van der Waals surface area contributed by atoms with E-state index in [4.69, 9.17) is 0 Å². The molecule has 1 saturated heterocycles. The van der Waals surface area contributed by atoms with Crippen LogP contribution in [0.3, 0.4) is 0 Å². The number of carbonyl (C=O) groups is 1. The Labute approximate surface area is 134 Å². The average molecular weight is 313 g/mol. The monoisotopic (exact) mass is 312 g/mol. The highest BCUT2D eigenvalue weighted by Crippen LogP contribution is 2.34. The SMILES string of the molecule is CSC1CCCC(N2C(=O)C(C(C)C)NC2CC(C)C)C1. The zero-order valence-corrected chi connectivity index (χ0v) is 15.1. The summed E-state index contributed by atoms with van der Waals surface area (Å²) in [5.74, 6) is 1.34. The van der Waals surface area contributed by atoms with E-state index in [9.17, 15) is 4.79 Å². The molecule has 4 heteroatoms. The van der Waals surface area contributed by atoms with Gasteiger partial charge in [0.25, 0.3) is 0 Å². The summed E-state index contributed by atoms with van der Waals surface area (Å²) in [5, 5.41) is 4.35. The van der Waals surface area contributed by atoms with E-state index in [0.717, 1.165) is 11.7 Å². The second-order valence-electron chi connectivity index (χ2n) is 7.46. The van der Waals surface area contributed by atoms with Crippen LogP contribution in [0.4, 0.5) is 0 Å². The zero-order valence-electron chi connectivity index (χ0n) is 14.3. The Morgan fingerprint density at radius 1 is 1.29 bits per heavy atom. The van der Waals surface area contributed by atoms with Crippen LogP contribution in [0.2, 0.25) is 0 Å². The van der Waals surface area contributed by atoms with Crippen molar-refractivity contribution in [2.45, 2.75) is 83.3 Å². The summed E-state index contributed by atoms with van der Waals surface area (Å²) >= 11 is 1.97. The second-order valence-corrected chi connectivity index (χ2v) is 8.60. The van der Waals surface area contributed by atoms with Crippen LogP contribution in [0, 0.1) is 11.8 Å². The van der Waals surface area contributed by atoms with E-state index in [1.54, 1.807) is 0 Å². The Kier molecular flexibility index (Phi) is 6.01. The maximum absolute atomic E-state index is 12.9. The third-order valence-electron chi connectivity index (χ3n) is 4.91. The largest absolute Gasteiger partial charge is 0.323 e. The van der Waals surface area contributed by atoms with Crippen LogP contribution in [0.15, 0.2) is 0 Å². The van der Waals surface area contributed by atoms with Gasteiger partial charge in [-0.3, -0.25) is 10.1 Å². The molecule has 0 radical (unpaired) electrons. The Morgan fingerprint density at radius 2 is 2.00 bits per heavy atom. The third-order valence-corrected chi connectivity index (χ3v) is 6.01. The fourth-order valence-electron chi connectivity index (χ4n) is 3.80. The van der Waals surface area contributed by atoms with Gasteiger partial charge < -0.3 is 4.90 Å². The molecule has 1 aliphatic heterocycles. The summed E-state index contributed by atoms with van der Waals surface area (Å²) in [4.78, 5) is 15.1. The molecule has 2 fully saturated rings. The molecule has 1 amide bonds. The van der Waals surface area contributed by atoms with Gasteiger partial charge in [-0.15, -0.1) is 0 Å². The van der Waals surface area contributed by atoms with Crippen LogP contribution in [-0.4, -0.2) is 40.6 Å². The Balaban J connectivity index is 2.13. The number of rotatable bonds is 5. The summed E-state index contributed by atoms with van der Waals surface area (Å²) in [6.07, 6.45) is 8.46. The molecule has 3 nitrogen and oxygen atoms in total. The lowest BCUT2D eigenvalue weighted by atomic mass is 9.92. The number of hydrogen-bond donors (Lipinski definition) is 1. The van der Waals surface area contributed by atoms with Gasteiger partial charge in [-0.25, -0.2) is 0 Å². The van der Waals surface area contributed by atoms with Gasteiger partial charge in [-0.05, 0) is 43.8 Å². The normalized spacial score (nSPS) is 34.2. The van der Waals surface area contributed by atoms with Crippen molar-refractivity contribution < 1.29 is 4.79 Å². The zero-order chi connectivity index (χ0) is 15.6. The summed E-state index contributed by atoms with van der Waals surface area (Å²) in [5.41, 5.74) is 0. The van der Waals surface area contributed by atoms with Crippen LogP contribution >= 0.6 is 11.8 Å². The first-order valence-corrected chi connectivity index (χ1v) is 9.83. The van der Waals surface area contributed by atoms with Gasteiger partial charge in [0.1, 0.15) is 0 Å². The van der Waals surface area contributed by atoms with Crippen molar-refractivity contribution in [3.63, 3.8) is 0 Å². The third kappa shape index (κ3) is 3.95. The fraction of sp³-hybridized carbons (Fsp3) is 0.941. The van der Waals surface area contributed by atoms with Gasteiger partial charge in [-0.2, -0.15) is 11.8 Å². The molecule has 4 unspecified atom stereocenters. The van der Waals surface area contributed by atoms with E-state index in [1.807, 2.05) is 11.8 Å². The lowest BCUT2D eigenvalue weighted by Crippen LogP contribution is -2.47. The minimum Gasteiger partial charge on any atom is -0.323 e. The summed E-state index contributed by atoms with van der Waals surface area (Å²) in [6, 6.07) is 0.465. The fourth-order valence-corrected chi connectivity index (χ4v) is 4.62. The van der Waals surface area contributed by atoms with Crippen LogP contribution < -0.4 is 5.32 Å². The minimum atomic E-state index is 0.0170. The first-order valence-electron chi connectivity index (χ1n) is 8.55. The number of amides is 1. The van der Waals surface area contributed by atoms with E-state index in [-0.39, 0.29) is 12.2 Å². The van der Waals surface area contributed by atoms with Crippen molar-refractivity contribution in [1.29, 1.82) is 0 Å². The molecular weight excluding hydrogens is 280 g/mol. The molecule has 0 aromatic rings.